The smallest absolute Gasteiger partial charge is 0.305 e. The van der Waals surface area contributed by atoms with E-state index in [0.717, 1.165) is 6.42 Å². The molecule has 0 spiro atoms. The fourth-order valence-corrected chi connectivity index (χ4v) is 2.38. The van der Waals surface area contributed by atoms with Crippen molar-refractivity contribution in [2.45, 2.75) is 31.2 Å². The lowest BCUT2D eigenvalue weighted by atomic mass is 9.74. The minimum absolute atomic E-state index is 0.0825. The Morgan fingerprint density at radius 1 is 1.40 bits per heavy atom. The number of aromatic hydroxyl groups is 1. The topological polar surface area (TPSA) is 95.9 Å². The van der Waals surface area contributed by atoms with Crippen LogP contribution in [-0.2, 0) is 4.79 Å². The monoisotopic (exact) mass is 279 g/mol. The summed E-state index contributed by atoms with van der Waals surface area (Å²) in [6, 6.07) is 4.33. The average Bonchev–Trinajstić information content (AvgIpc) is 2.35. The predicted molar refractivity (Wildman–Crippen MR) is 71.0 cm³/mol. The fraction of sp³-hybridized carbons (Fsp3) is 0.429. The predicted octanol–water partition coefficient (Wildman–Crippen LogP) is 1.53. The summed E-state index contributed by atoms with van der Waals surface area (Å²) < 4.78 is 4.91. The molecule has 6 heteroatoms. The highest BCUT2D eigenvalue weighted by Gasteiger charge is 2.40. The third-order valence-electron chi connectivity index (χ3n) is 3.62. The molecule has 0 aromatic heterocycles. The Bertz CT molecular complexity index is 536. The molecule has 3 N–H and O–H groups in total. The van der Waals surface area contributed by atoms with Gasteiger partial charge in [0, 0.05) is 5.56 Å². The first-order valence-electron chi connectivity index (χ1n) is 6.37. The maximum Gasteiger partial charge on any atom is 0.305 e. The number of carboxylic acid groups (broad SMARTS) is 1. The van der Waals surface area contributed by atoms with E-state index in [1.54, 1.807) is 0 Å². The third kappa shape index (κ3) is 2.84. The summed E-state index contributed by atoms with van der Waals surface area (Å²) in [5, 5.41) is 21.3. The van der Waals surface area contributed by atoms with Crippen molar-refractivity contribution in [2.75, 3.05) is 7.11 Å². The van der Waals surface area contributed by atoms with E-state index in [2.05, 4.69) is 5.32 Å². The van der Waals surface area contributed by atoms with Crippen LogP contribution in [0.4, 0.5) is 0 Å². The quantitative estimate of drug-likeness (QED) is 0.759. The molecule has 1 saturated carbocycles. The van der Waals surface area contributed by atoms with Gasteiger partial charge in [-0.05, 0) is 37.5 Å². The lowest BCUT2D eigenvalue weighted by molar-refractivity contribution is -0.139. The standard InChI is InChI=1S/C14H17NO5/c1-20-11-4-3-9(7-10(11)16)13(19)15-14(5-2-6-14)8-12(17)18/h3-4,7,16H,2,5-6,8H2,1H3,(H,15,19)(H,17,18). The third-order valence-corrected chi connectivity index (χ3v) is 3.62. The molecule has 1 aromatic rings. The summed E-state index contributed by atoms with van der Waals surface area (Å²) in [5.74, 6) is -1.15. The Hall–Kier alpha value is -2.24. The molecule has 108 valence electrons. The van der Waals surface area contributed by atoms with Crippen LogP contribution in [0.1, 0.15) is 36.0 Å². The maximum absolute atomic E-state index is 12.1. The SMILES string of the molecule is COc1ccc(C(=O)NC2(CC(=O)O)CCC2)cc1O. The van der Waals surface area contributed by atoms with E-state index < -0.39 is 11.5 Å². The Kier molecular flexibility index (Phi) is 3.83. The van der Waals surface area contributed by atoms with Gasteiger partial charge in [0.25, 0.3) is 5.91 Å². The molecule has 1 amide bonds. The maximum atomic E-state index is 12.1. The summed E-state index contributed by atoms with van der Waals surface area (Å²) in [6.07, 6.45) is 2.14. The van der Waals surface area contributed by atoms with Crippen LogP contribution < -0.4 is 10.1 Å². The normalized spacial score (nSPS) is 16.1. The van der Waals surface area contributed by atoms with E-state index in [-0.39, 0.29) is 29.4 Å². The molecule has 0 radical (unpaired) electrons. The second-order valence-electron chi connectivity index (χ2n) is 5.05. The van der Waals surface area contributed by atoms with E-state index in [1.807, 2.05) is 0 Å². The summed E-state index contributed by atoms with van der Waals surface area (Å²) in [7, 11) is 1.42. The van der Waals surface area contributed by atoms with Crippen LogP contribution in [-0.4, -0.2) is 34.7 Å². The average molecular weight is 279 g/mol. The number of methoxy groups -OCH3 is 1. The van der Waals surface area contributed by atoms with Gasteiger partial charge in [-0.1, -0.05) is 0 Å². The number of benzene rings is 1. The lowest BCUT2D eigenvalue weighted by Crippen LogP contribution is -2.54. The molecule has 1 aliphatic rings. The van der Waals surface area contributed by atoms with Gasteiger partial charge in [-0.3, -0.25) is 9.59 Å². The molecule has 0 heterocycles. The van der Waals surface area contributed by atoms with Crippen LogP contribution in [0, 0.1) is 0 Å². The largest absolute Gasteiger partial charge is 0.504 e. The van der Waals surface area contributed by atoms with Crippen molar-refractivity contribution < 1.29 is 24.5 Å². The van der Waals surface area contributed by atoms with Gasteiger partial charge in [-0.2, -0.15) is 0 Å². The number of aliphatic carboxylic acids is 1. The second-order valence-corrected chi connectivity index (χ2v) is 5.05. The highest BCUT2D eigenvalue weighted by molar-refractivity contribution is 5.95. The van der Waals surface area contributed by atoms with Crippen molar-refractivity contribution in [1.29, 1.82) is 0 Å². The number of amides is 1. The van der Waals surface area contributed by atoms with Gasteiger partial charge in [0.1, 0.15) is 0 Å². The lowest BCUT2D eigenvalue weighted by Gasteiger charge is -2.41. The Morgan fingerprint density at radius 2 is 2.10 bits per heavy atom. The fourth-order valence-electron chi connectivity index (χ4n) is 2.38. The number of rotatable bonds is 5. The van der Waals surface area contributed by atoms with E-state index in [9.17, 15) is 14.7 Å². The minimum Gasteiger partial charge on any atom is -0.504 e. The van der Waals surface area contributed by atoms with Crippen LogP contribution in [0.2, 0.25) is 0 Å². The number of carbonyl (C=O) groups is 2. The van der Waals surface area contributed by atoms with E-state index in [4.69, 9.17) is 9.84 Å². The summed E-state index contributed by atoms with van der Waals surface area (Å²) in [5.41, 5.74) is -0.377. The number of hydrogen-bond acceptors (Lipinski definition) is 4. The van der Waals surface area contributed by atoms with Crippen LogP contribution >= 0.6 is 0 Å². The van der Waals surface area contributed by atoms with Gasteiger partial charge in [0.2, 0.25) is 0 Å². The van der Waals surface area contributed by atoms with Crippen molar-refractivity contribution in [3.05, 3.63) is 23.8 Å². The Balaban J connectivity index is 2.11. The van der Waals surface area contributed by atoms with Crippen molar-refractivity contribution in [3.63, 3.8) is 0 Å². The summed E-state index contributed by atoms with van der Waals surface area (Å²) in [4.78, 5) is 23.0. The van der Waals surface area contributed by atoms with Gasteiger partial charge in [0.15, 0.2) is 11.5 Å². The Morgan fingerprint density at radius 3 is 2.55 bits per heavy atom. The number of phenolic OH excluding ortho intramolecular Hbond substituents is 1. The number of carbonyl (C=O) groups excluding carboxylic acids is 1. The first-order valence-corrected chi connectivity index (χ1v) is 6.37. The zero-order valence-electron chi connectivity index (χ0n) is 11.2. The first kappa shape index (κ1) is 14.2. The molecular weight excluding hydrogens is 262 g/mol. The van der Waals surface area contributed by atoms with Gasteiger partial charge >= 0.3 is 5.97 Å². The molecule has 1 aromatic carbocycles. The number of phenols is 1. The zero-order chi connectivity index (χ0) is 14.8. The van der Waals surface area contributed by atoms with Crippen molar-refractivity contribution in [1.82, 2.24) is 5.32 Å². The molecule has 0 saturated heterocycles. The molecule has 0 atom stereocenters. The first-order chi connectivity index (χ1) is 9.46. The number of nitrogens with one attached hydrogen (secondary N) is 1. The van der Waals surface area contributed by atoms with E-state index in [0.29, 0.717) is 12.8 Å². The van der Waals surface area contributed by atoms with Gasteiger partial charge in [0.05, 0.1) is 19.1 Å². The number of hydrogen-bond donors (Lipinski definition) is 3. The number of ether oxygens (including phenoxy) is 1. The van der Waals surface area contributed by atoms with Crippen LogP contribution in [0.5, 0.6) is 11.5 Å². The van der Waals surface area contributed by atoms with Crippen LogP contribution in [0.3, 0.4) is 0 Å². The molecule has 0 unspecified atom stereocenters. The van der Waals surface area contributed by atoms with Gasteiger partial charge in [-0.25, -0.2) is 0 Å². The van der Waals surface area contributed by atoms with E-state index >= 15 is 0 Å². The second kappa shape index (κ2) is 5.40. The van der Waals surface area contributed by atoms with Crippen molar-refractivity contribution >= 4 is 11.9 Å². The highest BCUT2D eigenvalue weighted by Crippen LogP contribution is 2.35. The van der Waals surface area contributed by atoms with Crippen molar-refractivity contribution in [3.8, 4) is 11.5 Å². The molecule has 0 bridgehead atoms. The van der Waals surface area contributed by atoms with Gasteiger partial charge in [-0.15, -0.1) is 0 Å². The Labute approximate surface area is 116 Å². The zero-order valence-corrected chi connectivity index (χ0v) is 11.2. The molecule has 1 fully saturated rings. The summed E-state index contributed by atoms with van der Waals surface area (Å²) >= 11 is 0. The molecule has 20 heavy (non-hydrogen) atoms. The summed E-state index contributed by atoms with van der Waals surface area (Å²) in [6.45, 7) is 0. The molecule has 6 nitrogen and oxygen atoms in total. The van der Waals surface area contributed by atoms with Crippen LogP contribution in [0.15, 0.2) is 18.2 Å². The molecule has 1 aliphatic carbocycles. The minimum atomic E-state index is -0.928. The van der Waals surface area contributed by atoms with Crippen LogP contribution in [0.25, 0.3) is 0 Å². The molecular formula is C14H17NO5. The van der Waals surface area contributed by atoms with Gasteiger partial charge < -0.3 is 20.3 Å². The highest BCUT2D eigenvalue weighted by atomic mass is 16.5. The molecule has 2 rings (SSSR count). The molecule has 0 aliphatic heterocycles. The van der Waals surface area contributed by atoms with E-state index in [1.165, 1.54) is 25.3 Å². The van der Waals surface area contributed by atoms with Crippen molar-refractivity contribution in [2.24, 2.45) is 0 Å². The number of carboxylic acids is 1.